The minimum absolute atomic E-state index is 0.340. The number of carbonyl (C=O) groups is 2. The Kier molecular flexibility index (Phi) is 5.86. The van der Waals surface area contributed by atoms with Crippen molar-refractivity contribution in [1.82, 2.24) is 15.8 Å². The number of halogens is 1. The summed E-state index contributed by atoms with van der Waals surface area (Å²) in [5.41, 5.74) is 7.95. The number of aromatic amines is 1. The first-order valence-corrected chi connectivity index (χ1v) is 8.99. The highest BCUT2D eigenvalue weighted by Gasteiger charge is 2.13. The van der Waals surface area contributed by atoms with E-state index in [4.69, 9.17) is 0 Å². The molecule has 0 spiro atoms. The van der Waals surface area contributed by atoms with Gasteiger partial charge in [0.2, 0.25) is 0 Å². The summed E-state index contributed by atoms with van der Waals surface area (Å²) in [5.74, 6) is -0.751. The Morgan fingerprint density at radius 1 is 0.885 bits per heavy atom. The van der Waals surface area contributed by atoms with Crippen molar-refractivity contribution in [2.45, 2.75) is 12.8 Å². The average Bonchev–Trinajstić information content (AvgIpc) is 3.12. The van der Waals surface area contributed by atoms with Crippen LogP contribution in [0.25, 0.3) is 0 Å². The summed E-state index contributed by atoms with van der Waals surface area (Å²) in [7, 11) is 0. The first kappa shape index (κ1) is 17.9. The van der Waals surface area contributed by atoms with E-state index in [-0.39, 0.29) is 5.91 Å². The van der Waals surface area contributed by atoms with E-state index in [1.165, 1.54) is 5.56 Å². The number of hydrogen-bond donors (Lipinski definition) is 3. The summed E-state index contributed by atoms with van der Waals surface area (Å²) in [6, 6.07) is 19.2. The van der Waals surface area contributed by atoms with E-state index in [2.05, 4.69) is 43.9 Å². The normalized spacial score (nSPS) is 10.3. The minimum atomic E-state index is -0.411. The number of hydrazine groups is 1. The third kappa shape index (κ3) is 4.61. The molecule has 3 N–H and O–H groups in total. The van der Waals surface area contributed by atoms with Crippen LogP contribution < -0.4 is 10.9 Å². The first-order chi connectivity index (χ1) is 12.6. The lowest BCUT2D eigenvalue weighted by Gasteiger charge is -2.11. The fourth-order valence-electron chi connectivity index (χ4n) is 2.63. The van der Waals surface area contributed by atoms with Crippen LogP contribution in [0.1, 0.15) is 32.0 Å². The Labute approximate surface area is 159 Å². The van der Waals surface area contributed by atoms with E-state index in [1.54, 1.807) is 18.3 Å². The first-order valence-electron chi connectivity index (χ1n) is 8.20. The van der Waals surface area contributed by atoms with Crippen molar-refractivity contribution in [3.63, 3.8) is 0 Å². The van der Waals surface area contributed by atoms with Crippen LogP contribution >= 0.6 is 15.9 Å². The standard InChI is InChI=1S/C20H18BrN3O2/c21-16-12-18(22-13-16)20(26)24-23-19(25)17-9-5-4-8-15(17)11-10-14-6-2-1-3-7-14/h1-9,12-13,22H,10-11H2,(H,23,25)(H,24,26). The highest BCUT2D eigenvalue weighted by molar-refractivity contribution is 9.10. The molecule has 2 aromatic carbocycles. The van der Waals surface area contributed by atoms with Crippen LogP contribution in [-0.2, 0) is 12.8 Å². The van der Waals surface area contributed by atoms with E-state index in [1.807, 2.05) is 36.4 Å². The second-order valence-corrected chi connectivity index (χ2v) is 6.70. The highest BCUT2D eigenvalue weighted by Crippen LogP contribution is 2.13. The third-order valence-corrected chi connectivity index (χ3v) is 4.43. The predicted molar refractivity (Wildman–Crippen MR) is 104 cm³/mol. The minimum Gasteiger partial charge on any atom is -0.356 e. The van der Waals surface area contributed by atoms with Crippen LogP contribution in [0.4, 0.5) is 0 Å². The number of amides is 2. The molecule has 0 unspecified atom stereocenters. The lowest BCUT2D eigenvalue weighted by Crippen LogP contribution is -2.42. The lowest BCUT2D eigenvalue weighted by molar-refractivity contribution is 0.0843. The second-order valence-electron chi connectivity index (χ2n) is 5.78. The van der Waals surface area contributed by atoms with Gasteiger partial charge >= 0.3 is 0 Å². The Morgan fingerprint density at radius 3 is 2.31 bits per heavy atom. The van der Waals surface area contributed by atoms with Crippen LogP contribution in [0.2, 0.25) is 0 Å². The largest absolute Gasteiger partial charge is 0.356 e. The molecule has 132 valence electrons. The molecule has 0 saturated carbocycles. The van der Waals surface area contributed by atoms with Crippen molar-refractivity contribution in [2.24, 2.45) is 0 Å². The third-order valence-electron chi connectivity index (χ3n) is 3.97. The monoisotopic (exact) mass is 411 g/mol. The highest BCUT2D eigenvalue weighted by atomic mass is 79.9. The topological polar surface area (TPSA) is 74.0 Å². The van der Waals surface area contributed by atoms with E-state index < -0.39 is 5.91 Å². The van der Waals surface area contributed by atoms with Gasteiger partial charge in [-0.25, -0.2) is 0 Å². The number of benzene rings is 2. The summed E-state index contributed by atoms with van der Waals surface area (Å²) < 4.78 is 0.764. The second kappa shape index (κ2) is 8.49. The average molecular weight is 412 g/mol. The fraction of sp³-hybridized carbons (Fsp3) is 0.100. The number of rotatable bonds is 5. The van der Waals surface area contributed by atoms with Crippen LogP contribution in [0.3, 0.4) is 0 Å². The molecule has 26 heavy (non-hydrogen) atoms. The molecule has 0 aliphatic heterocycles. The van der Waals surface area contributed by atoms with Gasteiger partial charge in [-0.3, -0.25) is 20.4 Å². The maximum absolute atomic E-state index is 12.5. The molecule has 3 rings (SSSR count). The van der Waals surface area contributed by atoms with Gasteiger partial charge in [0.25, 0.3) is 11.8 Å². The molecular formula is C20H18BrN3O2. The van der Waals surface area contributed by atoms with Gasteiger partial charge < -0.3 is 4.98 Å². The number of aromatic nitrogens is 1. The maximum Gasteiger partial charge on any atom is 0.286 e. The quantitative estimate of drug-likeness (QED) is 0.560. The molecule has 0 bridgehead atoms. The van der Waals surface area contributed by atoms with Gasteiger partial charge in [0, 0.05) is 16.2 Å². The van der Waals surface area contributed by atoms with Gasteiger partial charge in [-0.1, -0.05) is 48.5 Å². The van der Waals surface area contributed by atoms with Crippen LogP contribution in [0.15, 0.2) is 71.3 Å². The van der Waals surface area contributed by atoms with Gasteiger partial charge in [0.05, 0.1) is 0 Å². The summed E-state index contributed by atoms with van der Waals surface area (Å²) in [4.78, 5) is 27.3. The molecular weight excluding hydrogens is 394 g/mol. The van der Waals surface area contributed by atoms with E-state index in [0.717, 1.165) is 22.9 Å². The zero-order valence-corrected chi connectivity index (χ0v) is 15.5. The molecule has 6 heteroatoms. The zero-order chi connectivity index (χ0) is 18.4. The SMILES string of the molecule is O=C(NNC(=O)c1ccccc1CCc1ccccc1)c1cc(Br)c[nH]1. The van der Waals surface area contributed by atoms with Gasteiger partial charge in [-0.2, -0.15) is 0 Å². The fourth-order valence-corrected chi connectivity index (χ4v) is 2.97. The van der Waals surface area contributed by atoms with Crippen LogP contribution in [0.5, 0.6) is 0 Å². The molecule has 0 aliphatic rings. The Hall–Kier alpha value is -2.86. The summed E-state index contributed by atoms with van der Waals surface area (Å²) in [6.07, 6.45) is 3.23. The molecule has 2 amide bonds. The Morgan fingerprint density at radius 2 is 1.58 bits per heavy atom. The molecule has 0 radical (unpaired) electrons. The maximum atomic E-state index is 12.5. The van der Waals surface area contributed by atoms with Crippen molar-refractivity contribution in [3.05, 3.63) is 93.7 Å². The summed E-state index contributed by atoms with van der Waals surface area (Å²) in [5, 5.41) is 0. The molecule has 1 aromatic heterocycles. The van der Waals surface area contributed by atoms with Crippen molar-refractivity contribution in [1.29, 1.82) is 0 Å². The predicted octanol–water partition coefficient (Wildman–Crippen LogP) is 3.64. The number of carbonyl (C=O) groups excluding carboxylic acids is 2. The zero-order valence-electron chi connectivity index (χ0n) is 14.0. The molecule has 1 heterocycles. The molecule has 0 atom stereocenters. The van der Waals surface area contributed by atoms with E-state index >= 15 is 0 Å². The molecule has 5 nitrogen and oxygen atoms in total. The van der Waals surface area contributed by atoms with Gasteiger partial charge in [0.15, 0.2) is 0 Å². The molecule has 0 aliphatic carbocycles. The van der Waals surface area contributed by atoms with Crippen molar-refractivity contribution < 1.29 is 9.59 Å². The van der Waals surface area contributed by atoms with Crippen molar-refractivity contribution in [3.8, 4) is 0 Å². The number of aryl methyl sites for hydroxylation is 2. The summed E-state index contributed by atoms with van der Waals surface area (Å²) >= 11 is 3.26. The molecule has 0 fully saturated rings. The van der Waals surface area contributed by atoms with Gasteiger partial charge in [-0.05, 0) is 52.0 Å². The number of nitrogens with one attached hydrogen (secondary N) is 3. The van der Waals surface area contributed by atoms with Crippen LogP contribution in [-0.4, -0.2) is 16.8 Å². The van der Waals surface area contributed by atoms with E-state index in [0.29, 0.717) is 11.3 Å². The molecule has 3 aromatic rings. The number of H-pyrrole nitrogens is 1. The van der Waals surface area contributed by atoms with E-state index in [9.17, 15) is 9.59 Å². The Bertz CT molecular complexity index is 906. The molecule has 0 saturated heterocycles. The van der Waals surface area contributed by atoms with Gasteiger partial charge in [-0.15, -0.1) is 0 Å². The van der Waals surface area contributed by atoms with Gasteiger partial charge in [0.1, 0.15) is 5.69 Å². The van der Waals surface area contributed by atoms with Crippen molar-refractivity contribution in [2.75, 3.05) is 0 Å². The van der Waals surface area contributed by atoms with Crippen molar-refractivity contribution >= 4 is 27.7 Å². The lowest BCUT2D eigenvalue weighted by atomic mass is 9.99. The van der Waals surface area contributed by atoms with Crippen LogP contribution in [0, 0.1) is 0 Å². The number of hydrogen-bond acceptors (Lipinski definition) is 2. The smallest absolute Gasteiger partial charge is 0.286 e. The Balaban J connectivity index is 1.63. The summed E-state index contributed by atoms with van der Waals surface area (Å²) in [6.45, 7) is 0.